The molecule has 5 nitrogen and oxygen atoms in total. The summed E-state index contributed by atoms with van der Waals surface area (Å²) in [6, 6.07) is 7.25. The van der Waals surface area contributed by atoms with Crippen molar-refractivity contribution < 1.29 is 4.39 Å². The molecule has 0 spiro atoms. The van der Waals surface area contributed by atoms with Crippen LogP contribution in [-0.2, 0) is 0 Å². The van der Waals surface area contributed by atoms with Gasteiger partial charge >= 0.3 is 0 Å². The third kappa shape index (κ3) is 3.24. The van der Waals surface area contributed by atoms with Gasteiger partial charge in [-0.05, 0) is 24.6 Å². The van der Waals surface area contributed by atoms with E-state index >= 15 is 0 Å². The number of hydrogen-bond donors (Lipinski definition) is 2. The smallest absolute Gasteiger partial charge is 0.252 e. The number of H-pyrrole nitrogens is 1. The lowest BCUT2D eigenvalue weighted by molar-refractivity contribution is 0.628. The summed E-state index contributed by atoms with van der Waals surface area (Å²) >= 11 is 0. The second kappa shape index (κ2) is 5.22. The molecule has 6 heteroatoms. The van der Waals surface area contributed by atoms with E-state index in [1.165, 1.54) is 24.4 Å². The first-order valence-electron chi connectivity index (χ1n) is 5.26. The molecule has 0 bridgehead atoms. The van der Waals surface area contributed by atoms with Crippen LogP contribution < -0.4 is 11.0 Å². The summed E-state index contributed by atoms with van der Waals surface area (Å²) < 4.78 is 12.7. The van der Waals surface area contributed by atoms with Crippen molar-refractivity contribution in [3.8, 4) is 0 Å². The molecule has 0 aliphatic heterocycles. The molecule has 0 saturated heterocycles. The number of aryl methyl sites for hydroxylation is 1. The standard InChI is InChI=1S/C12H11FN4O/c1-8-6-11(18)16-12(15-8)17-14-7-9-2-4-10(13)5-3-9/h2-7H,1H3,(H2,15,16,17,18)/b14-7+. The molecule has 92 valence electrons. The Morgan fingerprint density at radius 1 is 1.39 bits per heavy atom. The minimum atomic E-state index is -0.301. The zero-order valence-corrected chi connectivity index (χ0v) is 9.64. The lowest BCUT2D eigenvalue weighted by Gasteiger charge is -1.99. The molecule has 1 aromatic heterocycles. The van der Waals surface area contributed by atoms with Crippen molar-refractivity contribution in [2.24, 2.45) is 5.10 Å². The number of nitrogens with zero attached hydrogens (tertiary/aromatic N) is 2. The zero-order valence-electron chi connectivity index (χ0n) is 9.64. The molecule has 0 aliphatic carbocycles. The van der Waals surface area contributed by atoms with Gasteiger partial charge in [-0.2, -0.15) is 5.10 Å². The number of anilines is 1. The van der Waals surface area contributed by atoms with Crippen LogP contribution in [0.25, 0.3) is 0 Å². The van der Waals surface area contributed by atoms with E-state index in [0.717, 1.165) is 5.56 Å². The largest absolute Gasteiger partial charge is 0.291 e. The fraction of sp³-hybridized carbons (Fsp3) is 0.0833. The summed E-state index contributed by atoms with van der Waals surface area (Å²) in [5, 5.41) is 3.89. The number of benzene rings is 1. The molecule has 0 fully saturated rings. The second-order valence-electron chi connectivity index (χ2n) is 3.66. The number of aromatic nitrogens is 2. The summed E-state index contributed by atoms with van der Waals surface area (Å²) in [6.07, 6.45) is 1.50. The van der Waals surface area contributed by atoms with Crippen LogP contribution in [0.4, 0.5) is 10.3 Å². The Balaban J connectivity index is 2.07. The summed E-state index contributed by atoms with van der Waals surface area (Å²) in [6.45, 7) is 1.71. The van der Waals surface area contributed by atoms with Gasteiger partial charge in [-0.1, -0.05) is 12.1 Å². The Morgan fingerprint density at radius 3 is 2.78 bits per heavy atom. The molecule has 0 amide bonds. The molecule has 1 aromatic carbocycles. The van der Waals surface area contributed by atoms with Crippen molar-refractivity contribution >= 4 is 12.2 Å². The van der Waals surface area contributed by atoms with Gasteiger partial charge in [0.15, 0.2) is 0 Å². The molecule has 2 N–H and O–H groups in total. The Bertz CT molecular complexity index is 619. The number of aromatic amines is 1. The monoisotopic (exact) mass is 246 g/mol. The van der Waals surface area contributed by atoms with Gasteiger partial charge in [0.1, 0.15) is 5.82 Å². The average Bonchev–Trinajstić information content (AvgIpc) is 2.30. The van der Waals surface area contributed by atoms with Gasteiger partial charge in [-0.15, -0.1) is 0 Å². The van der Waals surface area contributed by atoms with Crippen molar-refractivity contribution in [3.63, 3.8) is 0 Å². The van der Waals surface area contributed by atoms with E-state index in [9.17, 15) is 9.18 Å². The minimum absolute atomic E-state index is 0.248. The van der Waals surface area contributed by atoms with E-state index in [1.54, 1.807) is 19.1 Å². The van der Waals surface area contributed by atoms with E-state index in [-0.39, 0.29) is 17.3 Å². The zero-order chi connectivity index (χ0) is 13.0. The van der Waals surface area contributed by atoms with E-state index in [2.05, 4.69) is 20.5 Å². The molecular weight excluding hydrogens is 235 g/mol. The number of halogens is 1. The number of hydrazone groups is 1. The van der Waals surface area contributed by atoms with Crippen molar-refractivity contribution in [2.45, 2.75) is 6.92 Å². The van der Waals surface area contributed by atoms with E-state index in [4.69, 9.17) is 0 Å². The van der Waals surface area contributed by atoms with E-state index < -0.39 is 0 Å². The molecule has 2 aromatic rings. The van der Waals surface area contributed by atoms with Crippen molar-refractivity contribution in [1.29, 1.82) is 0 Å². The summed E-state index contributed by atoms with van der Waals surface area (Å²) in [5.41, 5.74) is 3.68. The summed E-state index contributed by atoms with van der Waals surface area (Å²) in [4.78, 5) is 17.7. The van der Waals surface area contributed by atoms with Gasteiger partial charge in [0, 0.05) is 11.8 Å². The Kier molecular flexibility index (Phi) is 3.47. The van der Waals surface area contributed by atoms with Gasteiger partial charge in [0.2, 0.25) is 5.95 Å². The summed E-state index contributed by atoms with van der Waals surface area (Å²) in [7, 11) is 0. The molecule has 0 radical (unpaired) electrons. The van der Waals surface area contributed by atoms with Crippen LogP contribution in [0, 0.1) is 12.7 Å². The predicted molar refractivity (Wildman–Crippen MR) is 67.2 cm³/mol. The Hall–Kier alpha value is -2.50. The molecule has 18 heavy (non-hydrogen) atoms. The molecule has 0 atom stereocenters. The molecular formula is C12H11FN4O. The highest BCUT2D eigenvalue weighted by atomic mass is 19.1. The maximum atomic E-state index is 12.7. The normalized spacial score (nSPS) is 10.8. The van der Waals surface area contributed by atoms with Crippen LogP contribution in [0.3, 0.4) is 0 Å². The van der Waals surface area contributed by atoms with Crippen molar-refractivity contribution in [1.82, 2.24) is 9.97 Å². The quantitative estimate of drug-likeness (QED) is 0.639. The molecule has 1 heterocycles. The Morgan fingerprint density at radius 2 is 2.11 bits per heavy atom. The minimum Gasteiger partial charge on any atom is -0.291 e. The topological polar surface area (TPSA) is 70.1 Å². The fourth-order valence-electron chi connectivity index (χ4n) is 1.35. The van der Waals surface area contributed by atoms with Gasteiger partial charge < -0.3 is 0 Å². The Labute approximate surface area is 102 Å². The van der Waals surface area contributed by atoms with Gasteiger partial charge in [-0.3, -0.25) is 9.78 Å². The van der Waals surface area contributed by atoms with Gasteiger partial charge in [-0.25, -0.2) is 14.8 Å². The predicted octanol–water partition coefficient (Wildman–Crippen LogP) is 1.66. The number of nitrogens with one attached hydrogen (secondary N) is 2. The highest BCUT2D eigenvalue weighted by molar-refractivity contribution is 5.79. The first-order valence-corrected chi connectivity index (χ1v) is 5.26. The SMILES string of the molecule is Cc1cc(=O)[nH]c(N/N=C/c2ccc(F)cc2)n1. The fourth-order valence-corrected chi connectivity index (χ4v) is 1.35. The van der Waals surface area contributed by atoms with Crippen LogP contribution in [-0.4, -0.2) is 16.2 Å². The van der Waals surface area contributed by atoms with Gasteiger partial charge in [0.05, 0.1) is 6.21 Å². The van der Waals surface area contributed by atoms with Crippen LogP contribution in [0.1, 0.15) is 11.3 Å². The number of rotatable bonds is 3. The van der Waals surface area contributed by atoms with Crippen LogP contribution >= 0.6 is 0 Å². The average molecular weight is 246 g/mol. The summed E-state index contributed by atoms with van der Waals surface area (Å²) in [5.74, 6) is -0.0387. The maximum absolute atomic E-state index is 12.7. The third-order valence-corrected chi connectivity index (χ3v) is 2.12. The lowest BCUT2D eigenvalue weighted by Crippen LogP contribution is -2.10. The van der Waals surface area contributed by atoms with Crippen molar-refractivity contribution in [2.75, 3.05) is 5.43 Å². The van der Waals surface area contributed by atoms with Crippen molar-refractivity contribution in [3.05, 3.63) is 57.8 Å². The molecule has 2 rings (SSSR count). The second-order valence-corrected chi connectivity index (χ2v) is 3.66. The first-order chi connectivity index (χ1) is 8.63. The van der Waals surface area contributed by atoms with Crippen LogP contribution in [0.5, 0.6) is 0 Å². The molecule has 0 unspecified atom stereocenters. The first kappa shape index (κ1) is 12.0. The van der Waals surface area contributed by atoms with Gasteiger partial charge in [0.25, 0.3) is 5.56 Å². The number of hydrogen-bond acceptors (Lipinski definition) is 4. The maximum Gasteiger partial charge on any atom is 0.252 e. The lowest BCUT2D eigenvalue weighted by atomic mass is 10.2. The van der Waals surface area contributed by atoms with E-state index in [0.29, 0.717) is 5.69 Å². The van der Waals surface area contributed by atoms with Crippen LogP contribution in [0.2, 0.25) is 0 Å². The van der Waals surface area contributed by atoms with E-state index in [1.807, 2.05) is 0 Å². The van der Waals surface area contributed by atoms with Crippen LogP contribution in [0.15, 0.2) is 40.2 Å². The molecule has 0 aliphatic rings. The highest BCUT2D eigenvalue weighted by Gasteiger charge is 1.95. The third-order valence-electron chi connectivity index (χ3n) is 2.12. The highest BCUT2D eigenvalue weighted by Crippen LogP contribution is 2.00. The molecule has 0 saturated carbocycles.